The molecule has 0 radical (unpaired) electrons. The van der Waals surface area contributed by atoms with Crippen molar-refractivity contribution in [3.63, 3.8) is 0 Å². The Morgan fingerprint density at radius 1 is 0.909 bits per heavy atom. The topological polar surface area (TPSA) is 32.7 Å². The van der Waals surface area contributed by atoms with Gasteiger partial charge >= 0.3 is 0 Å². The number of hydrogen-bond acceptors (Lipinski definition) is 3. The number of anilines is 1. The van der Waals surface area contributed by atoms with Gasteiger partial charge in [0, 0.05) is 18.8 Å². The third-order valence-electron chi connectivity index (χ3n) is 5.53. The van der Waals surface area contributed by atoms with E-state index in [0.717, 1.165) is 31.8 Å². The molecule has 0 bridgehead atoms. The molecule has 1 aliphatic heterocycles. The zero-order chi connectivity index (χ0) is 15.2. The molecule has 0 amide bonds. The Kier molecular flexibility index (Phi) is 5.47. The first-order chi connectivity index (χ1) is 10.9. The van der Waals surface area contributed by atoms with Gasteiger partial charge in [-0.15, -0.1) is 0 Å². The van der Waals surface area contributed by atoms with Crippen LogP contribution in [0.3, 0.4) is 0 Å². The predicted molar refractivity (Wildman–Crippen MR) is 92.5 cm³/mol. The van der Waals surface area contributed by atoms with Crippen molar-refractivity contribution in [3.05, 3.63) is 34.7 Å². The minimum Gasteiger partial charge on any atom is -0.372 e. The van der Waals surface area contributed by atoms with E-state index in [2.05, 4.69) is 34.3 Å². The fourth-order valence-electron chi connectivity index (χ4n) is 4.05. The number of nitrogens with zero attached hydrogens (tertiary/aromatic N) is 2. The molecule has 1 saturated carbocycles. The molecule has 1 aromatic rings. The van der Waals surface area contributed by atoms with Crippen LogP contribution in [-0.2, 0) is 0 Å². The maximum Gasteiger partial charge on any atom is 0.0840 e. The van der Waals surface area contributed by atoms with E-state index < -0.39 is 0 Å². The van der Waals surface area contributed by atoms with Crippen LogP contribution in [0.15, 0.2) is 29.4 Å². The van der Waals surface area contributed by atoms with Crippen LogP contribution in [0.5, 0.6) is 0 Å². The Morgan fingerprint density at radius 3 is 2.14 bits per heavy atom. The van der Waals surface area contributed by atoms with E-state index in [-0.39, 0.29) is 0 Å². The van der Waals surface area contributed by atoms with Crippen LogP contribution in [0.4, 0.5) is 5.69 Å². The van der Waals surface area contributed by atoms with Gasteiger partial charge in [-0.3, -0.25) is 0 Å². The molecule has 0 N–H and O–H groups in total. The summed E-state index contributed by atoms with van der Waals surface area (Å²) in [5.74, 6) is 1.28. The van der Waals surface area contributed by atoms with Gasteiger partial charge in [-0.25, -0.2) is 0 Å². The molecule has 120 valence electrons. The molecule has 0 aromatic heterocycles. The molecule has 0 atom stereocenters. The largest absolute Gasteiger partial charge is 0.372 e. The van der Waals surface area contributed by atoms with Crippen LogP contribution in [0.2, 0.25) is 0 Å². The molecule has 2 aliphatic rings. The van der Waals surface area contributed by atoms with Crippen LogP contribution < -0.4 is 4.90 Å². The van der Waals surface area contributed by atoms with E-state index in [1.165, 1.54) is 49.8 Å². The van der Waals surface area contributed by atoms with Crippen molar-refractivity contribution in [3.8, 4) is 0 Å². The first kappa shape index (κ1) is 15.5. The van der Waals surface area contributed by atoms with Crippen molar-refractivity contribution in [2.24, 2.45) is 11.1 Å². The molecule has 1 saturated heterocycles. The molecule has 0 unspecified atom stereocenters. The van der Waals surface area contributed by atoms with Crippen LogP contribution in [-0.4, -0.2) is 19.6 Å². The third kappa shape index (κ3) is 3.88. The minimum absolute atomic E-state index is 0.495. The molecular weight excluding hydrogens is 272 g/mol. The summed E-state index contributed by atoms with van der Waals surface area (Å²) in [7, 11) is 0. The number of rotatable bonds is 4. The fourth-order valence-corrected chi connectivity index (χ4v) is 4.05. The van der Waals surface area contributed by atoms with Gasteiger partial charge in [-0.2, -0.15) is 4.91 Å². The standard InChI is InChI=1S/C19H28N2O/c22-20-15-16-11-13-21(14-12-16)19-9-7-18(8-10-19)17-5-3-1-2-4-6-17/h7-10,16-17H,1-6,11-15H2. The molecular formula is C19H28N2O. The monoisotopic (exact) mass is 300 g/mol. The van der Waals surface area contributed by atoms with Gasteiger partial charge in [0.2, 0.25) is 0 Å². The number of nitroso groups, excluding NO2 is 1. The van der Waals surface area contributed by atoms with Crippen LogP contribution in [0.1, 0.15) is 62.8 Å². The van der Waals surface area contributed by atoms with Crippen molar-refractivity contribution in [2.45, 2.75) is 57.3 Å². The molecule has 1 aliphatic carbocycles. The molecule has 22 heavy (non-hydrogen) atoms. The van der Waals surface area contributed by atoms with Crippen molar-refractivity contribution in [2.75, 3.05) is 24.5 Å². The van der Waals surface area contributed by atoms with Crippen molar-refractivity contribution in [1.82, 2.24) is 0 Å². The van der Waals surface area contributed by atoms with E-state index in [0.29, 0.717) is 12.5 Å². The zero-order valence-corrected chi connectivity index (χ0v) is 13.5. The second-order valence-corrected chi connectivity index (χ2v) is 7.02. The summed E-state index contributed by atoms with van der Waals surface area (Å²) in [5, 5.41) is 3.06. The van der Waals surface area contributed by atoms with Gasteiger partial charge in [0.15, 0.2) is 0 Å². The van der Waals surface area contributed by atoms with Gasteiger partial charge in [-0.1, -0.05) is 43.0 Å². The molecule has 2 fully saturated rings. The van der Waals surface area contributed by atoms with E-state index in [1.807, 2.05) is 0 Å². The van der Waals surface area contributed by atoms with E-state index >= 15 is 0 Å². The van der Waals surface area contributed by atoms with Crippen LogP contribution >= 0.6 is 0 Å². The summed E-state index contributed by atoms with van der Waals surface area (Å²) in [6.07, 6.45) is 10.5. The smallest absolute Gasteiger partial charge is 0.0840 e. The first-order valence-electron chi connectivity index (χ1n) is 9.01. The molecule has 0 spiro atoms. The van der Waals surface area contributed by atoms with E-state index in [4.69, 9.17) is 0 Å². The zero-order valence-electron chi connectivity index (χ0n) is 13.5. The second kappa shape index (κ2) is 7.75. The molecule has 3 nitrogen and oxygen atoms in total. The normalized spacial score (nSPS) is 21.5. The average Bonchev–Trinajstić information content (AvgIpc) is 2.85. The molecule has 3 rings (SSSR count). The van der Waals surface area contributed by atoms with E-state index in [1.54, 1.807) is 0 Å². The summed E-state index contributed by atoms with van der Waals surface area (Å²) in [4.78, 5) is 12.8. The van der Waals surface area contributed by atoms with Crippen molar-refractivity contribution in [1.29, 1.82) is 0 Å². The summed E-state index contributed by atoms with van der Waals surface area (Å²) < 4.78 is 0. The second-order valence-electron chi connectivity index (χ2n) is 7.02. The van der Waals surface area contributed by atoms with Gasteiger partial charge in [-0.05, 0) is 55.2 Å². The minimum atomic E-state index is 0.495. The lowest BCUT2D eigenvalue weighted by Gasteiger charge is -2.33. The fraction of sp³-hybridized carbons (Fsp3) is 0.684. The van der Waals surface area contributed by atoms with Gasteiger partial charge in [0.1, 0.15) is 0 Å². The summed E-state index contributed by atoms with van der Waals surface area (Å²) >= 11 is 0. The van der Waals surface area contributed by atoms with E-state index in [9.17, 15) is 4.91 Å². The lowest BCUT2D eigenvalue weighted by Crippen LogP contribution is -2.34. The first-order valence-corrected chi connectivity index (χ1v) is 9.01. The van der Waals surface area contributed by atoms with Gasteiger partial charge in [0.05, 0.1) is 6.54 Å². The highest BCUT2D eigenvalue weighted by atomic mass is 16.3. The summed E-state index contributed by atoms with van der Waals surface area (Å²) in [5.41, 5.74) is 2.88. The highest BCUT2D eigenvalue weighted by Crippen LogP contribution is 2.33. The van der Waals surface area contributed by atoms with Crippen LogP contribution in [0, 0.1) is 10.8 Å². The van der Waals surface area contributed by atoms with Gasteiger partial charge < -0.3 is 4.90 Å². The maximum atomic E-state index is 10.4. The Hall–Kier alpha value is -1.38. The molecule has 3 heteroatoms. The number of benzene rings is 1. The molecule has 1 heterocycles. The van der Waals surface area contributed by atoms with Crippen LogP contribution in [0.25, 0.3) is 0 Å². The Morgan fingerprint density at radius 2 is 1.55 bits per heavy atom. The SMILES string of the molecule is O=NCC1CCN(c2ccc(C3CCCCCC3)cc2)CC1. The van der Waals surface area contributed by atoms with Gasteiger partial charge in [0.25, 0.3) is 0 Å². The average molecular weight is 300 g/mol. The Bertz CT molecular complexity index is 455. The maximum absolute atomic E-state index is 10.4. The lowest BCUT2D eigenvalue weighted by molar-refractivity contribution is 0.414. The summed E-state index contributed by atoms with van der Waals surface area (Å²) in [6.45, 7) is 2.61. The van der Waals surface area contributed by atoms with Crippen molar-refractivity contribution < 1.29 is 0 Å². The highest BCUT2D eigenvalue weighted by Gasteiger charge is 2.20. The number of hydrogen-bond donors (Lipinski definition) is 0. The Labute approximate surface area is 134 Å². The predicted octanol–water partition coefficient (Wildman–Crippen LogP) is 5.11. The molecule has 1 aromatic carbocycles. The Balaban J connectivity index is 1.58. The quantitative estimate of drug-likeness (QED) is 0.572. The highest BCUT2D eigenvalue weighted by molar-refractivity contribution is 5.48. The lowest BCUT2D eigenvalue weighted by atomic mass is 9.91. The number of piperidine rings is 1. The van der Waals surface area contributed by atoms with Crippen molar-refractivity contribution >= 4 is 5.69 Å². The third-order valence-corrected chi connectivity index (χ3v) is 5.53. The summed E-state index contributed by atoms with van der Waals surface area (Å²) in [6, 6.07) is 9.31.